The van der Waals surface area contributed by atoms with Crippen LogP contribution in [0.1, 0.15) is 24.3 Å². The van der Waals surface area contributed by atoms with Crippen molar-refractivity contribution in [3.8, 4) is 0 Å². The van der Waals surface area contributed by atoms with Crippen molar-refractivity contribution in [3.63, 3.8) is 0 Å². The Morgan fingerprint density at radius 2 is 2.19 bits per heavy atom. The number of hydrogen-bond acceptors (Lipinski definition) is 8. The second kappa shape index (κ2) is 7.21. The van der Waals surface area contributed by atoms with Crippen LogP contribution in [0.25, 0.3) is 11.1 Å². The average Bonchev–Trinajstić information content (AvgIpc) is 3.15. The molecule has 26 heavy (non-hydrogen) atoms. The fraction of sp³-hybridized carbons (Fsp3) is 0.312. The summed E-state index contributed by atoms with van der Waals surface area (Å²) in [6, 6.07) is 5.61. The van der Waals surface area contributed by atoms with Crippen molar-refractivity contribution in [1.29, 1.82) is 0 Å². The van der Waals surface area contributed by atoms with Crippen LogP contribution in [0.3, 0.4) is 0 Å². The highest BCUT2D eigenvalue weighted by Crippen LogP contribution is 2.20. The van der Waals surface area contributed by atoms with Crippen molar-refractivity contribution >= 4 is 22.8 Å². The van der Waals surface area contributed by atoms with E-state index in [1.807, 2.05) is 0 Å². The maximum absolute atomic E-state index is 11.9. The minimum Gasteiger partial charge on any atom is -0.457 e. The summed E-state index contributed by atoms with van der Waals surface area (Å²) < 4.78 is 16.3. The average molecular weight is 361 g/mol. The number of nitro benzene ring substituents is 1. The molecule has 10 heteroatoms. The number of ether oxygens (including phenoxy) is 1. The molecule has 136 valence electrons. The molecule has 0 saturated heterocycles. The second-order valence-electron chi connectivity index (χ2n) is 5.63. The standard InChI is InChI=1S/C16H15N3O7/c1-10-7-12(26-17-10)9-24-15(20)3-2-6-18-13-5-4-11(19(22)23)8-14(13)25-16(18)21/h4-5,7-8H,2-3,6,9H2,1H3. The summed E-state index contributed by atoms with van der Waals surface area (Å²) in [6.45, 7) is 1.98. The molecule has 0 aliphatic carbocycles. The maximum atomic E-state index is 11.9. The van der Waals surface area contributed by atoms with Crippen LogP contribution < -0.4 is 5.76 Å². The molecule has 0 unspecified atom stereocenters. The molecular formula is C16H15N3O7. The van der Waals surface area contributed by atoms with E-state index in [0.717, 1.165) is 0 Å². The molecule has 0 radical (unpaired) electrons. The summed E-state index contributed by atoms with van der Waals surface area (Å²) in [6.07, 6.45) is 0.443. The number of carbonyl (C=O) groups is 1. The Bertz CT molecular complexity index is 1010. The van der Waals surface area contributed by atoms with Gasteiger partial charge in [0.05, 0.1) is 22.2 Å². The van der Waals surface area contributed by atoms with Gasteiger partial charge in [-0.2, -0.15) is 0 Å². The normalized spacial score (nSPS) is 11.0. The first-order chi connectivity index (χ1) is 12.4. The minimum atomic E-state index is -0.633. The quantitative estimate of drug-likeness (QED) is 0.356. The monoisotopic (exact) mass is 361 g/mol. The first-order valence-electron chi connectivity index (χ1n) is 7.79. The SMILES string of the molecule is Cc1cc(COC(=O)CCCn2c(=O)oc3cc([N+](=O)[O-])ccc32)on1. The second-order valence-corrected chi connectivity index (χ2v) is 5.63. The number of aryl methyl sites for hydroxylation is 2. The van der Waals surface area contributed by atoms with Gasteiger partial charge in [-0.3, -0.25) is 19.5 Å². The summed E-state index contributed by atoms with van der Waals surface area (Å²) in [5.41, 5.74) is 1.10. The van der Waals surface area contributed by atoms with Crippen LogP contribution in [-0.4, -0.2) is 20.6 Å². The first kappa shape index (κ1) is 17.4. The van der Waals surface area contributed by atoms with Crippen molar-refractivity contribution in [1.82, 2.24) is 9.72 Å². The van der Waals surface area contributed by atoms with Crippen LogP contribution >= 0.6 is 0 Å². The van der Waals surface area contributed by atoms with Gasteiger partial charge in [0.25, 0.3) is 5.69 Å². The Kier molecular flexibility index (Phi) is 4.83. The Balaban J connectivity index is 1.57. The zero-order chi connectivity index (χ0) is 18.7. The smallest absolute Gasteiger partial charge is 0.419 e. The topological polar surface area (TPSA) is 131 Å². The van der Waals surface area contributed by atoms with Gasteiger partial charge in [-0.05, 0) is 19.4 Å². The largest absolute Gasteiger partial charge is 0.457 e. The molecule has 3 rings (SSSR count). The van der Waals surface area contributed by atoms with Crippen molar-refractivity contribution in [2.24, 2.45) is 0 Å². The van der Waals surface area contributed by atoms with E-state index in [1.165, 1.54) is 22.8 Å². The van der Waals surface area contributed by atoms with Crippen LogP contribution in [-0.2, 0) is 22.7 Å². The highest BCUT2D eigenvalue weighted by atomic mass is 16.6. The molecule has 0 saturated carbocycles. The lowest BCUT2D eigenvalue weighted by Gasteiger charge is -2.03. The lowest BCUT2D eigenvalue weighted by molar-refractivity contribution is -0.384. The number of benzene rings is 1. The zero-order valence-corrected chi connectivity index (χ0v) is 13.8. The molecule has 2 aromatic heterocycles. The van der Waals surface area contributed by atoms with Gasteiger partial charge in [0.15, 0.2) is 18.0 Å². The molecule has 3 aromatic rings. The van der Waals surface area contributed by atoms with Crippen molar-refractivity contribution in [2.75, 3.05) is 0 Å². The van der Waals surface area contributed by atoms with Gasteiger partial charge in [-0.25, -0.2) is 4.79 Å². The van der Waals surface area contributed by atoms with Gasteiger partial charge in [0.2, 0.25) is 0 Å². The number of nitrogens with zero attached hydrogens (tertiary/aromatic N) is 3. The van der Waals surface area contributed by atoms with Crippen molar-refractivity contribution in [2.45, 2.75) is 32.9 Å². The van der Waals surface area contributed by atoms with Crippen molar-refractivity contribution < 1.29 is 23.4 Å². The lowest BCUT2D eigenvalue weighted by atomic mass is 10.2. The first-order valence-corrected chi connectivity index (χ1v) is 7.79. The fourth-order valence-corrected chi connectivity index (χ4v) is 2.47. The van der Waals surface area contributed by atoms with E-state index in [9.17, 15) is 19.7 Å². The van der Waals surface area contributed by atoms with Crippen LogP contribution in [0.2, 0.25) is 0 Å². The van der Waals surface area contributed by atoms with Crippen LogP contribution in [0.15, 0.2) is 38.0 Å². The third kappa shape index (κ3) is 3.79. The Morgan fingerprint density at radius 3 is 2.88 bits per heavy atom. The number of aromatic nitrogens is 2. The van der Waals surface area contributed by atoms with Crippen LogP contribution in [0, 0.1) is 17.0 Å². The number of carbonyl (C=O) groups excluding carboxylic acids is 1. The molecule has 0 N–H and O–H groups in total. The fourth-order valence-electron chi connectivity index (χ4n) is 2.47. The predicted octanol–water partition coefficient (Wildman–Crippen LogP) is 2.32. The maximum Gasteiger partial charge on any atom is 0.419 e. The van der Waals surface area contributed by atoms with E-state index >= 15 is 0 Å². The van der Waals surface area contributed by atoms with E-state index in [2.05, 4.69) is 5.16 Å². The third-order valence-corrected chi connectivity index (χ3v) is 3.68. The number of oxazole rings is 1. The number of rotatable bonds is 7. The Hall–Kier alpha value is -3.43. The Labute approximate surface area is 146 Å². The molecule has 0 amide bonds. The Morgan fingerprint density at radius 1 is 1.38 bits per heavy atom. The van der Waals surface area contributed by atoms with Crippen molar-refractivity contribution in [3.05, 3.63) is 56.4 Å². The van der Waals surface area contributed by atoms with Gasteiger partial charge in [0.1, 0.15) is 0 Å². The van der Waals surface area contributed by atoms with Gasteiger partial charge in [0, 0.05) is 25.1 Å². The minimum absolute atomic E-state index is 0.00205. The highest BCUT2D eigenvalue weighted by molar-refractivity contribution is 5.75. The lowest BCUT2D eigenvalue weighted by Crippen LogP contribution is -2.15. The number of fused-ring (bicyclic) bond motifs is 1. The number of hydrogen-bond donors (Lipinski definition) is 0. The molecular weight excluding hydrogens is 346 g/mol. The van der Waals surface area contributed by atoms with E-state index in [-0.39, 0.29) is 30.8 Å². The molecule has 0 atom stereocenters. The molecule has 0 spiro atoms. The number of nitro groups is 1. The number of non-ortho nitro benzene ring substituents is 1. The van der Waals surface area contributed by atoms with Crippen LogP contribution in [0.5, 0.6) is 0 Å². The molecule has 0 aliphatic heterocycles. The molecule has 0 aliphatic rings. The number of esters is 1. The van der Waals surface area contributed by atoms with E-state index in [1.54, 1.807) is 13.0 Å². The van der Waals surface area contributed by atoms with E-state index in [4.69, 9.17) is 13.7 Å². The molecule has 1 aromatic carbocycles. The summed E-state index contributed by atoms with van der Waals surface area (Å²) in [5.74, 6) is -0.615. The predicted molar refractivity (Wildman–Crippen MR) is 87.4 cm³/mol. The van der Waals surface area contributed by atoms with Gasteiger partial charge in [-0.15, -0.1) is 0 Å². The van der Waals surface area contributed by atoms with Gasteiger partial charge in [-0.1, -0.05) is 5.16 Å². The summed E-state index contributed by atoms with van der Waals surface area (Å²) in [5, 5.41) is 14.5. The molecule has 2 heterocycles. The third-order valence-electron chi connectivity index (χ3n) is 3.68. The summed E-state index contributed by atoms with van der Waals surface area (Å²) in [4.78, 5) is 33.8. The molecule has 10 nitrogen and oxygen atoms in total. The highest BCUT2D eigenvalue weighted by Gasteiger charge is 2.14. The molecule has 0 fully saturated rings. The molecule has 0 bridgehead atoms. The summed E-state index contributed by atoms with van der Waals surface area (Å²) in [7, 11) is 0. The van der Waals surface area contributed by atoms with Crippen LogP contribution in [0.4, 0.5) is 5.69 Å². The van der Waals surface area contributed by atoms with E-state index in [0.29, 0.717) is 23.4 Å². The van der Waals surface area contributed by atoms with Gasteiger partial charge >= 0.3 is 11.7 Å². The zero-order valence-electron chi connectivity index (χ0n) is 13.8. The van der Waals surface area contributed by atoms with Gasteiger partial charge < -0.3 is 13.7 Å². The van der Waals surface area contributed by atoms with E-state index < -0.39 is 16.6 Å². The summed E-state index contributed by atoms with van der Waals surface area (Å²) >= 11 is 0.